The Hall–Kier alpha value is -1.13. The van der Waals surface area contributed by atoms with Crippen molar-refractivity contribution in [1.29, 1.82) is 0 Å². The molecule has 1 rings (SSSR count). The third-order valence-electron chi connectivity index (χ3n) is 2.37. The lowest BCUT2D eigenvalue weighted by molar-refractivity contribution is 0.131. The van der Waals surface area contributed by atoms with Crippen molar-refractivity contribution in [2.75, 3.05) is 19.8 Å². The second kappa shape index (κ2) is 7.25. The summed E-state index contributed by atoms with van der Waals surface area (Å²) in [6.07, 6.45) is 0.796. The van der Waals surface area contributed by atoms with Gasteiger partial charge in [-0.3, -0.25) is 0 Å². The number of benzene rings is 1. The van der Waals surface area contributed by atoms with E-state index in [9.17, 15) is 4.39 Å². The summed E-state index contributed by atoms with van der Waals surface area (Å²) in [7, 11) is 0. The minimum atomic E-state index is -0.317. The lowest BCUT2D eigenvalue weighted by Gasteiger charge is -2.10. The maximum absolute atomic E-state index is 13.5. The fourth-order valence-corrected chi connectivity index (χ4v) is 1.46. The molecule has 96 valence electrons. The Bertz CT molecular complexity index is 342. The topological polar surface area (TPSA) is 44.5 Å². The number of hydrogen-bond donors (Lipinski definition) is 1. The van der Waals surface area contributed by atoms with Crippen molar-refractivity contribution < 1.29 is 13.9 Å². The zero-order valence-electron chi connectivity index (χ0n) is 10.4. The molecule has 1 aromatic carbocycles. The van der Waals surface area contributed by atoms with Gasteiger partial charge in [0.15, 0.2) is 0 Å². The third kappa shape index (κ3) is 4.71. The van der Waals surface area contributed by atoms with Gasteiger partial charge < -0.3 is 15.2 Å². The van der Waals surface area contributed by atoms with E-state index in [1.807, 2.05) is 6.92 Å². The van der Waals surface area contributed by atoms with Gasteiger partial charge in [-0.25, -0.2) is 4.39 Å². The van der Waals surface area contributed by atoms with Gasteiger partial charge in [-0.15, -0.1) is 0 Å². The highest BCUT2D eigenvalue weighted by Crippen LogP contribution is 2.20. The highest BCUT2D eigenvalue weighted by Gasteiger charge is 2.07. The van der Waals surface area contributed by atoms with Gasteiger partial charge in [0.05, 0.1) is 6.61 Å². The summed E-state index contributed by atoms with van der Waals surface area (Å²) in [6, 6.07) is 4.47. The largest absolute Gasteiger partial charge is 0.493 e. The number of nitrogens with two attached hydrogens (primary N) is 1. The van der Waals surface area contributed by atoms with Crippen LogP contribution < -0.4 is 10.5 Å². The van der Waals surface area contributed by atoms with Crippen molar-refractivity contribution in [1.82, 2.24) is 0 Å². The second-order valence-corrected chi connectivity index (χ2v) is 3.87. The molecule has 0 aromatic heterocycles. The zero-order chi connectivity index (χ0) is 12.7. The zero-order valence-corrected chi connectivity index (χ0v) is 10.4. The predicted octanol–water partition coefficient (Wildman–Crippen LogP) is 2.65. The highest BCUT2D eigenvalue weighted by atomic mass is 19.1. The highest BCUT2D eigenvalue weighted by molar-refractivity contribution is 5.30. The van der Waals surface area contributed by atoms with Gasteiger partial charge in [-0.1, -0.05) is 6.07 Å². The van der Waals surface area contributed by atoms with Crippen LogP contribution in [0.15, 0.2) is 18.2 Å². The summed E-state index contributed by atoms with van der Waals surface area (Å²) in [5, 5.41) is 0. The number of ether oxygens (including phenoxy) is 2. The van der Waals surface area contributed by atoms with Crippen molar-refractivity contribution in [2.45, 2.75) is 26.3 Å². The van der Waals surface area contributed by atoms with Crippen LogP contribution in [0.25, 0.3) is 0 Å². The number of halogens is 1. The molecule has 0 spiro atoms. The standard InChI is InChI=1S/C13H20FNO2/c1-3-16-7-4-8-17-11-5-6-12(10(2)15)13(14)9-11/h5-6,9-10H,3-4,7-8,15H2,1-2H3/t10-/m0/s1. The normalized spacial score (nSPS) is 12.5. The van der Waals surface area contributed by atoms with Gasteiger partial charge >= 0.3 is 0 Å². The smallest absolute Gasteiger partial charge is 0.131 e. The van der Waals surface area contributed by atoms with E-state index in [1.165, 1.54) is 6.07 Å². The second-order valence-electron chi connectivity index (χ2n) is 3.87. The predicted molar refractivity (Wildman–Crippen MR) is 65.6 cm³/mol. The van der Waals surface area contributed by atoms with Gasteiger partial charge in [-0.2, -0.15) is 0 Å². The van der Waals surface area contributed by atoms with E-state index < -0.39 is 0 Å². The van der Waals surface area contributed by atoms with E-state index >= 15 is 0 Å². The van der Waals surface area contributed by atoms with Crippen LogP contribution in [-0.4, -0.2) is 19.8 Å². The molecular weight excluding hydrogens is 221 g/mol. The molecular formula is C13H20FNO2. The Kier molecular flexibility index (Phi) is 5.94. The van der Waals surface area contributed by atoms with Crippen molar-refractivity contribution >= 4 is 0 Å². The van der Waals surface area contributed by atoms with Gasteiger partial charge in [-0.05, 0) is 19.9 Å². The van der Waals surface area contributed by atoms with Crippen LogP contribution in [0.1, 0.15) is 31.9 Å². The summed E-state index contributed by atoms with van der Waals surface area (Å²) in [6.45, 7) is 5.59. The van der Waals surface area contributed by atoms with Crippen LogP contribution >= 0.6 is 0 Å². The quantitative estimate of drug-likeness (QED) is 0.746. The minimum Gasteiger partial charge on any atom is -0.493 e. The molecule has 0 radical (unpaired) electrons. The molecule has 2 N–H and O–H groups in total. The molecule has 0 saturated carbocycles. The molecule has 4 heteroatoms. The third-order valence-corrected chi connectivity index (χ3v) is 2.37. The maximum atomic E-state index is 13.5. The first-order valence-electron chi connectivity index (χ1n) is 5.90. The molecule has 0 aliphatic carbocycles. The van der Waals surface area contributed by atoms with E-state index in [0.717, 1.165) is 6.42 Å². The van der Waals surface area contributed by atoms with Crippen molar-refractivity contribution in [2.24, 2.45) is 5.73 Å². The van der Waals surface area contributed by atoms with Crippen molar-refractivity contribution in [3.05, 3.63) is 29.6 Å². The van der Waals surface area contributed by atoms with E-state index in [4.69, 9.17) is 15.2 Å². The maximum Gasteiger partial charge on any atom is 0.131 e. The van der Waals surface area contributed by atoms with Gasteiger partial charge in [0.2, 0.25) is 0 Å². The Morgan fingerprint density at radius 2 is 2.12 bits per heavy atom. The molecule has 0 amide bonds. The van der Waals surface area contributed by atoms with Crippen LogP contribution in [0.2, 0.25) is 0 Å². The molecule has 1 aromatic rings. The van der Waals surface area contributed by atoms with E-state index in [2.05, 4.69) is 0 Å². The lowest BCUT2D eigenvalue weighted by atomic mass is 10.1. The molecule has 0 aliphatic heterocycles. The lowest BCUT2D eigenvalue weighted by Crippen LogP contribution is -2.08. The van der Waals surface area contributed by atoms with E-state index in [-0.39, 0.29) is 11.9 Å². The first kappa shape index (κ1) is 13.9. The molecule has 0 fully saturated rings. The molecule has 3 nitrogen and oxygen atoms in total. The Labute approximate surface area is 102 Å². The van der Waals surface area contributed by atoms with Crippen molar-refractivity contribution in [3.8, 4) is 5.75 Å². The first-order chi connectivity index (χ1) is 8.15. The summed E-state index contributed by atoms with van der Waals surface area (Å²) < 4.78 is 24.1. The average molecular weight is 241 g/mol. The van der Waals surface area contributed by atoms with Crippen LogP contribution in [0, 0.1) is 5.82 Å². The van der Waals surface area contributed by atoms with Crippen molar-refractivity contribution in [3.63, 3.8) is 0 Å². The van der Waals surface area contributed by atoms with Gasteiger partial charge in [0.1, 0.15) is 11.6 Å². The first-order valence-corrected chi connectivity index (χ1v) is 5.90. The fraction of sp³-hybridized carbons (Fsp3) is 0.538. The van der Waals surface area contributed by atoms with Crippen LogP contribution in [0.3, 0.4) is 0 Å². The fourth-order valence-electron chi connectivity index (χ4n) is 1.46. The summed E-state index contributed by atoms with van der Waals surface area (Å²) in [5.41, 5.74) is 6.13. The number of hydrogen-bond acceptors (Lipinski definition) is 3. The number of rotatable bonds is 7. The Balaban J connectivity index is 2.42. The molecule has 0 bridgehead atoms. The molecule has 1 atom stereocenters. The molecule has 0 heterocycles. The van der Waals surface area contributed by atoms with E-state index in [1.54, 1.807) is 19.1 Å². The summed E-state index contributed by atoms with van der Waals surface area (Å²) >= 11 is 0. The Morgan fingerprint density at radius 1 is 1.35 bits per heavy atom. The molecule has 17 heavy (non-hydrogen) atoms. The summed E-state index contributed by atoms with van der Waals surface area (Å²) in [4.78, 5) is 0. The van der Waals surface area contributed by atoms with Crippen LogP contribution in [0.5, 0.6) is 5.75 Å². The molecule has 0 aliphatic rings. The Morgan fingerprint density at radius 3 is 2.71 bits per heavy atom. The van der Waals surface area contributed by atoms with E-state index in [0.29, 0.717) is 31.1 Å². The monoisotopic (exact) mass is 241 g/mol. The van der Waals surface area contributed by atoms with Crippen LogP contribution in [-0.2, 0) is 4.74 Å². The minimum absolute atomic E-state index is 0.304. The van der Waals surface area contributed by atoms with Crippen LogP contribution in [0.4, 0.5) is 4.39 Å². The molecule has 0 unspecified atom stereocenters. The average Bonchev–Trinajstić information content (AvgIpc) is 2.28. The summed E-state index contributed by atoms with van der Waals surface area (Å²) in [5.74, 6) is 0.214. The molecule has 0 saturated heterocycles. The van der Waals surface area contributed by atoms with Gasteiger partial charge in [0, 0.05) is 37.3 Å². The SMILES string of the molecule is CCOCCCOc1ccc([C@H](C)N)c(F)c1. The van der Waals surface area contributed by atoms with Gasteiger partial charge in [0.25, 0.3) is 0 Å².